The van der Waals surface area contributed by atoms with E-state index < -0.39 is 10.0 Å². The maximum atomic E-state index is 12.4. The van der Waals surface area contributed by atoms with Crippen LogP contribution >= 0.6 is 0 Å². The van der Waals surface area contributed by atoms with Gasteiger partial charge in [-0.25, -0.2) is 4.83 Å². The molecular formula is C23H25N3O3S. The number of hydrazone groups is 1. The summed E-state index contributed by atoms with van der Waals surface area (Å²) in [5.41, 5.74) is 4.58. The number of ether oxygens (including phenoxy) is 1. The standard InChI is InChI=1S/C23H25N3O3S/c27-30(28,22-9-5-2-6-10-22)25-24-18-21-12-11-20(17-19-7-3-1-4-8-19)23(21)26-13-15-29-16-14-26/h1-10,17-18,25H,11-16H2/b20-17-,24-18-. The van der Waals surface area contributed by atoms with Crippen LogP contribution in [0.5, 0.6) is 0 Å². The smallest absolute Gasteiger partial charge is 0.276 e. The minimum Gasteiger partial charge on any atom is -0.378 e. The van der Waals surface area contributed by atoms with Crippen LogP contribution in [0.25, 0.3) is 6.08 Å². The molecule has 1 saturated heterocycles. The highest BCUT2D eigenvalue weighted by atomic mass is 32.2. The molecule has 0 radical (unpaired) electrons. The van der Waals surface area contributed by atoms with Crippen molar-refractivity contribution in [1.29, 1.82) is 0 Å². The van der Waals surface area contributed by atoms with Crippen molar-refractivity contribution in [3.8, 4) is 0 Å². The Morgan fingerprint density at radius 3 is 2.30 bits per heavy atom. The number of morpholine rings is 1. The van der Waals surface area contributed by atoms with Crippen LogP contribution in [0.2, 0.25) is 0 Å². The molecule has 2 aliphatic rings. The van der Waals surface area contributed by atoms with Gasteiger partial charge < -0.3 is 9.64 Å². The van der Waals surface area contributed by atoms with Gasteiger partial charge in [0.2, 0.25) is 0 Å². The predicted molar refractivity (Wildman–Crippen MR) is 118 cm³/mol. The maximum Gasteiger partial charge on any atom is 0.276 e. The van der Waals surface area contributed by atoms with E-state index in [9.17, 15) is 8.42 Å². The van der Waals surface area contributed by atoms with E-state index in [-0.39, 0.29) is 4.90 Å². The molecule has 2 aromatic rings. The van der Waals surface area contributed by atoms with Crippen LogP contribution in [-0.2, 0) is 14.8 Å². The first kappa shape index (κ1) is 20.4. The zero-order valence-electron chi connectivity index (χ0n) is 16.7. The van der Waals surface area contributed by atoms with E-state index in [0.29, 0.717) is 13.2 Å². The van der Waals surface area contributed by atoms with Crippen LogP contribution in [0.15, 0.2) is 87.5 Å². The van der Waals surface area contributed by atoms with Crippen LogP contribution in [0.3, 0.4) is 0 Å². The Bertz CT molecular complexity index is 1060. The fourth-order valence-electron chi connectivity index (χ4n) is 3.75. The zero-order valence-corrected chi connectivity index (χ0v) is 17.5. The molecule has 1 aliphatic heterocycles. The molecule has 7 heteroatoms. The summed E-state index contributed by atoms with van der Waals surface area (Å²) < 4.78 is 30.3. The Hall–Kier alpha value is -2.90. The van der Waals surface area contributed by atoms with Gasteiger partial charge in [0.25, 0.3) is 10.0 Å². The molecule has 0 amide bonds. The van der Waals surface area contributed by atoms with Crippen molar-refractivity contribution in [2.75, 3.05) is 26.3 Å². The third kappa shape index (κ3) is 4.80. The molecule has 0 spiro atoms. The van der Waals surface area contributed by atoms with E-state index in [1.165, 1.54) is 5.57 Å². The lowest BCUT2D eigenvalue weighted by Gasteiger charge is -2.31. The molecule has 0 saturated carbocycles. The number of sulfonamides is 1. The van der Waals surface area contributed by atoms with Gasteiger partial charge in [-0.3, -0.25) is 0 Å². The maximum absolute atomic E-state index is 12.4. The second-order valence-electron chi connectivity index (χ2n) is 7.22. The van der Waals surface area contributed by atoms with E-state index in [4.69, 9.17) is 4.74 Å². The molecule has 6 nitrogen and oxygen atoms in total. The van der Waals surface area contributed by atoms with Crippen molar-refractivity contribution >= 4 is 22.3 Å². The zero-order chi connectivity index (χ0) is 20.8. The molecule has 156 valence electrons. The molecule has 0 aromatic heterocycles. The molecule has 1 heterocycles. The Balaban J connectivity index is 1.60. The third-order valence-electron chi connectivity index (χ3n) is 5.19. The van der Waals surface area contributed by atoms with Gasteiger partial charge in [0.1, 0.15) is 0 Å². The van der Waals surface area contributed by atoms with Crippen molar-refractivity contribution in [2.24, 2.45) is 5.10 Å². The highest BCUT2D eigenvalue weighted by Gasteiger charge is 2.25. The molecule has 0 unspecified atom stereocenters. The van der Waals surface area contributed by atoms with Crippen LogP contribution in [0.1, 0.15) is 18.4 Å². The number of hydrogen-bond donors (Lipinski definition) is 1. The van der Waals surface area contributed by atoms with Crippen LogP contribution < -0.4 is 4.83 Å². The SMILES string of the molecule is O=S(=O)(N/N=C\C1=C(N2CCOCC2)C(=C\c2ccccc2)/CC1)c1ccccc1. The summed E-state index contributed by atoms with van der Waals surface area (Å²) in [5, 5.41) is 4.08. The normalized spacial score (nSPS) is 19.1. The number of rotatable bonds is 6. The first-order valence-corrected chi connectivity index (χ1v) is 11.5. The van der Waals surface area contributed by atoms with Crippen molar-refractivity contribution < 1.29 is 13.2 Å². The van der Waals surface area contributed by atoms with Crippen LogP contribution in [0.4, 0.5) is 0 Å². The van der Waals surface area contributed by atoms with E-state index in [2.05, 4.69) is 33.0 Å². The van der Waals surface area contributed by atoms with E-state index in [1.807, 2.05) is 18.2 Å². The molecule has 30 heavy (non-hydrogen) atoms. The van der Waals surface area contributed by atoms with E-state index in [1.54, 1.807) is 36.5 Å². The molecular weight excluding hydrogens is 398 g/mol. The first-order chi connectivity index (χ1) is 14.6. The van der Waals surface area contributed by atoms with Gasteiger partial charge in [-0.05, 0) is 47.8 Å². The van der Waals surface area contributed by atoms with Gasteiger partial charge in [-0.15, -0.1) is 0 Å². The number of benzene rings is 2. The molecule has 4 rings (SSSR count). The molecule has 1 N–H and O–H groups in total. The van der Waals surface area contributed by atoms with Gasteiger partial charge in [0, 0.05) is 18.8 Å². The second-order valence-corrected chi connectivity index (χ2v) is 8.88. The van der Waals surface area contributed by atoms with E-state index in [0.717, 1.165) is 42.8 Å². The largest absolute Gasteiger partial charge is 0.378 e. The summed E-state index contributed by atoms with van der Waals surface area (Å²) in [7, 11) is -3.68. The van der Waals surface area contributed by atoms with Crippen molar-refractivity contribution in [1.82, 2.24) is 9.73 Å². The summed E-state index contributed by atoms with van der Waals surface area (Å²) in [4.78, 5) is 4.85. The monoisotopic (exact) mass is 423 g/mol. The molecule has 1 fully saturated rings. The number of nitrogens with one attached hydrogen (secondary N) is 1. The number of nitrogens with zero attached hydrogens (tertiary/aromatic N) is 2. The van der Waals surface area contributed by atoms with E-state index >= 15 is 0 Å². The summed E-state index contributed by atoms with van der Waals surface area (Å²) in [6, 6.07) is 18.5. The Labute approximate surface area is 177 Å². The summed E-state index contributed by atoms with van der Waals surface area (Å²) in [5.74, 6) is 0. The third-order valence-corrected chi connectivity index (χ3v) is 6.43. The van der Waals surface area contributed by atoms with Gasteiger partial charge in [-0.2, -0.15) is 13.5 Å². The predicted octanol–water partition coefficient (Wildman–Crippen LogP) is 3.41. The Kier molecular flexibility index (Phi) is 6.30. The fourth-order valence-corrected chi connectivity index (χ4v) is 4.56. The van der Waals surface area contributed by atoms with Gasteiger partial charge in [0.05, 0.1) is 24.3 Å². The lowest BCUT2D eigenvalue weighted by Crippen LogP contribution is -2.36. The summed E-state index contributed by atoms with van der Waals surface area (Å²) in [6.07, 6.45) is 5.58. The van der Waals surface area contributed by atoms with Gasteiger partial charge in [0.15, 0.2) is 0 Å². The molecule has 1 aliphatic carbocycles. The molecule has 0 atom stereocenters. The van der Waals surface area contributed by atoms with Gasteiger partial charge >= 0.3 is 0 Å². The van der Waals surface area contributed by atoms with Crippen molar-refractivity contribution in [3.63, 3.8) is 0 Å². The minimum atomic E-state index is -3.68. The van der Waals surface area contributed by atoms with Crippen molar-refractivity contribution in [2.45, 2.75) is 17.7 Å². The number of allylic oxidation sites excluding steroid dienone is 2. The number of hydrogen-bond acceptors (Lipinski definition) is 5. The highest BCUT2D eigenvalue weighted by Crippen LogP contribution is 2.35. The van der Waals surface area contributed by atoms with Crippen molar-refractivity contribution in [3.05, 3.63) is 83.1 Å². The van der Waals surface area contributed by atoms with Gasteiger partial charge in [-0.1, -0.05) is 48.5 Å². The first-order valence-electron chi connectivity index (χ1n) is 10.1. The Morgan fingerprint density at radius 2 is 1.60 bits per heavy atom. The molecule has 2 aromatic carbocycles. The topological polar surface area (TPSA) is 71.0 Å². The molecule has 0 bridgehead atoms. The minimum absolute atomic E-state index is 0.195. The summed E-state index contributed by atoms with van der Waals surface area (Å²) in [6.45, 7) is 3.00. The second kappa shape index (κ2) is 9.28. The fraction of sp³-hybridized carbons (Fsp3) is 0.261. The van der Waals surface area contributed by atoms with Crippen LogP contribution in [-0.4, -0.2) is 45.8 Å². The average Bonchev–Trinajstić information content (AvgIpc) is 3.18. The Morgan fingerprint density at radius 1 is 0.933 bits per heavy atom. The lowest BCUT2D eigenvalue weighted by molar-refractivity contribution is 0.0548. The lowest BCUT2D eigenvalue weighted by atomic mass is 10.1. The highest BCUT2D eigenvalue weighted by molar-refractivity contribution is 7.89. The van der Waals surface area contributed by atoms with Crippen LogP contribution in [0, 0.1) is 0 Å². The quantitative estimate of drug-likeness (QED) is 0.571. The average molecular weight is 424 g/mol. The summed E-state index contributed by atoms with van der Waals surface area (Å²) >= 11 is 0.